The number of para-hydroxylation sites is 2. The van der Waals surface area contributed by atoms with Gasteiger partial charge >= 0.3 is 0 Å². The number of nitriles is 1. The standard InChI is InChI=1S/C16H22N4/c1-4-19(5-2)13(3)16-18-14-9-6-7-10-15(14)20(16)12-8-11-17/h6-7,9-10,13H,4-5,8,12H2,1-3H3. The van der Waals surface area contributed by atoms with Crippen LogP contribution < -0.4 is 0 Å². The summed E-state index contributed by atoms with van der Waals surface area (Å²) in [5.74, 6) is 1.06. The first-order chi connectivity index (χ1) is 9.72. The van der Waals surface area contributed by atoms with Gasteiger partial charge in [0.1, 0.15) is 5.82 Å². The van der Waals surface area contributed by atoms with Crippen molar-refractivity contribution in [2.45, 2.75) is 39.8 Å². The Bertz CT molecular complexity index is 604. The molecule has 0 saturated heterocycles. The number of hydrogen-bond donors (Lipinski definition) is 0. The minimum Gasteiger partial charge on any atom is -0.326 e. The summed E-state index contributed by atoms with van der Waals surface area (Å²) in [5.41, 5.74) is 2.14. The largest absolute Gasteiger partial charge is 0.326 e. The molecule has 1 heterocycles. The van der Waals surface area contributed by atoms with Crippen LogP contribution in [0.4, 0.5) is 0 Å². The van der Waals surface area contributed by atoms with Gasteiger partial charge in [0.05, 0.1) is 29.6 Å². The normalized spacial score (nSPS) is 12.8. The third-order valence-corrected chi connectivity index (χ3v) is 3.87. The molecule has 20 heavy (non-hydrogen) atoms. The lowest BCUT2D eigenvalue weighted by atomic mass is 10.2. The van der Waals surface area contributed by atoms with E-state index in [-0.39, 0.29) is 6.04 Å². The van der Waals surface area contributed by atoms with Crippen molar-refractivity contribution in [3.8, 4) is 6.07 Å². The molecule has 0 radical (unpaired) electrons. The van der Waals surface area contributed by atoms with Crippen LogP contribution >= 0.6 is 0 Å². The van der Waals surface area contributed by atoms with Gasteiger partial charge in [-0.05, 0) is 32.1 Å². The van der Waals surface area contributed by atoms with Gasteiger partial charge in [-0.25, -0.2) is 4.98 Å². The van der Waals surface area contributed by atoms with E-state index in [0.717, 1.165) is 29.9 Å². The Morgan fingerprint density at radius 2 is 2.00 bits per heavy atom. The monoisotopic (exact) mass is 270 g/mol. The predicted octanol–water partition coefficient (Wildman–Crippen LogP) is 3.35. The van der Waals surface area contributed by atoms with Gasteiger partial charge in [0.2, 0.25) is 0 Å². The van der Waals surface area contributed by atoms with E-state index < -0.39 is 0 Å². The second-order valence-corrected chi connectivity index (χ2v) is 4.92. The molecule has 2 aromatic rings. The highest BCUT2D eigenvalue weighted by molar-refractivity contribution is 5.76. The molecule has 0 N–H and O–H groups in total. The number of imidazole rings is 1. The molecule has 4 heteroatoms. The van der Waals surface area contributed by atoms with Gasteiger partial charge in [-0.1, -0.05) is 26.0 Å². The average molecular weight is 270 g/mol. The van der Waals surface area contributed by atoms with Crippen molar-refractivity contribution in [2.75, 3.05) is 13.1 Å². The Hall–Kier alpha value is -1.86. The van der Waals surface area contributed by atoms with Crippen molar-refractivity contribution >= 4 is 11.0 Å². The minimum absolute atomic E-state index is 0.260. The fraction of sp³-hybridized carbons (Fsp3) is 0.500. The van der Waals surface area contributed by atoms with E-state index in [4.69, 9.17) is 10.2 Å². The van der Waals surface area contributed by atoms with Crippen molar-refractivity contribution in [2.24, 2.45) is 0 Å². The Balaban J connectivity index is 2.48. The summed E-state index contributed by atoms with van der Waals surface area (Å²) < 4.78 is 2.20. The van der Waals surface area contributed by atoms with E-state index in [1.165, 1.54) is 0 Å². The second kappa shape index (κ2) is 6.53. The van der Waals surface area contributed by atoms with Gasteiger partial charge in [0.25, 0.3) is 0 Å². The molecule has 0 bridgehead atoms. The van der Waals surface area contributed by atoms with Crippen LogP contribution in [-0.2, 0) is 6.54 Å². The first-order valence-electron chi connectivity index (χ1n) is 7.29. The van der Waals surface area contributed by atoms with Crippen molar-refractivity contribution in [1.82, 2.24) is 14.5 Å². The highest BCUT2D eigenvalue weighted by atomic mass is 15.2. The summed E-state index contributed by atoms with van der Waals surface area (Å²) in [4.78, 5) is 7.17. The first kappa shape index (κ1) is 14.5. The maximum Gasteiger partial charge on any atom is 0.127 e. The van der Waals surface area contributed by atoms with Crippen LogP contribution in [0, 0.1) is 11.3 Å². The Labute approximate surface area is 120 Å². The zero-order valence-electron chi connectivity index (χ0n) is 12.5. The molecular weight excluding hydrogens is 248 g/mol. The molecule has 1 unspecified atom stereocenters. The Kier molecular flexibility index (Phi) is 4.75. The van der Waals surface area contributed by atoms with Crippen LogP contribution in [0.15, 0.2) is 24.3 Å². The zero-order valence-corrected chi connectivity index (χ0v) is 12.5. The van der Waals surface area contributed by atoms with Crippen molar-refractivity contribution in [1.29, 1.82) is 5.26 Å². The van der Waals surface area contributed by atoms with Crippen LogP contribution in [0.1, 0.15) is 39.1 Å². The van der Waals surface area contributed by atoms with Gasteiger partial charge in [-0.15, -0.1) is 0 Å². The predicted molar refractivity (Wildman–Crippen MR) is 81.3 cm³/mol. The average Bonchev–Trinajstić information content (AvgIpc) is 2.85. The van der Waals surface area contributed by atoms with Gasteiger partial charge in [0.15, 0.2) is 0 Å². The minimum atomic E-state index is 0.260. The summed E-state index contributed by atoms with van der Waals surface area (Å²) in [6, 6.07) is 10.6. The van der Waals surface area contributed by atoms with E-state index in [9.17, 15) is 0 Å². The smallest absolute Gasteiger partial charge is 0.127 e. The summed E-state index contributed by atoms with van der Waals surface area (Å²) in [5, 5.41) is 8.87. The number of hydrogen-bond acceptors (Lipinski definition) is 3. The van der Waals surface area contributed by atoms with E-state index in [1.54, 1.807) is 0 Å². The van der Waals surface area contributed by atoms with E-state index in [1.807, 2.05) is 18.2 Å². The van der Waals surface area contributed by atoms with Gasteiger partial charge < -0.3 is 4.57 Å². The van der Waals surface area contributed by atoms with Gasteiger partial charge in [0, 0.05) is 6.54 Å². The molecule has 1 atom stereocenters. The van der Waals surface area contributed by atoms with Crippen LogP contribution in [0.5, 0.6) is 0 Å². The quantitative estimate of drug-likeness (QED) is 0.808. The summed E-state index contributed by atoms with van der Waals surface area (Å²) in [6.45, 7) is 9.23. The fourth-order valence-electron chi connectivity index (χ4n) is 2.74. The summed E-state index contributed by atoms with van der Waals surface area (Å²) in [7, 11) is 0. The summed E-state index contributed by atoms with van der Waals surface area (Å²) >= 11 is 0. The highest BCUT2D eigenvalue weighted by Gasteiger charge is 2.20. The molecule has 0 saturated carbocycles. The summed E-state index contributed by atoms with van der Waals surface area (Å²) in [6.07, 6.45) is 0.512. The van der Waals surface area contributed by atoms with E-state index in [0.29, 0.717) is 13.0 Å². The number of fused-ring (bicyclic) bond motifs is 1. The lowest BCUT2D eigenvalue weighted by Crippen LogP contribution is -2.28. The topological polar surface area (TPSA) is 44.9 Å². The highest BCUT2D eigenvalue weighted by Crippen LogP contribution is 2.24. The molecule has 0 aliphatic heterocycles. The molecule has 0 amide bonds. The number of rotatable bonds is 6. The van der Waals surface area contributed by atoms with Gasteiger partial charge in [-0.2, -0.15) is 5.26 Å². The van der Waals surface area contributed by atoms with Crippen molar-refractivity contribution < 1.29 is 0 Å². The molecule has 106 valence electrons. The Morgan fingerprint density at radius 1 is 1.30 bits per heavy atom. The zero-order chi connectivity index (χ0) is 14.5. The maximum atomic E-state index is 8.87. The van der Waals surface area contributed by atoms with Crippen molar-refractivity contribution in [3.05, 3.63) is 30.1 Å². The lowest BCUT2D eigenvalue weighted by Gasteiger charge is -2.26. The molecule has 0 aliphatic carbocycles. The first-order valence-corrected chi connectivity index (χ1v) is 7.29. The van der Waals surface area contributed by atoms with Crippen LogP contribution in [-0.4, -0.2) is 27.5 Å². The van der Waals surface area contributed by atoms with Crippen LogP contribution in [0.3, 0.4) is 0 Å². The number of aromatic nitrogens is 2. The molecule has 0 aliphatic rings. The fourth-order valence-corrected chi connectivity index (χ4v) is 2.74. The molecule has 0 spiro atoms. The number of aryl methyl sites for hydroxylation is 1. The van der Waals surface area contributed by atoms with Crippen LogP contribution in [0.25, 0.3) is 11.0 Å². The van der Waals surface area contributed by atoms with Crippen LogP contribution in [0.2, 0.25) is 0 Å². The third kappa shape index (κ3) is 2.68. The molecule has 1 aromatic carbocycles. The number of nitrogens with zero attached hydrogens (tertiary/aromatic N) is 4. The van der Waals surface area contributed by atoms with E-state index >= 15 is 0 Å². The number of benzene rings is 1. The Morgan fingerprint density at radius 3 is 2.65 bits per heavy atom. The maximum absolute atomic E-state index is 8.87. The second-order valence-electron chi connectivity index (χ2n) is 4.92. The SMILES string of the molecule is CCN(CC)C(C)c1nc2ccccc2n1CCC#N. The molecule has 0 fully saturated rings. The molecule has 2 rings (SSSR count). The lowest BCUT2D eigenvalue weighted by molar-refractivity contribution is 0.222. The van der Waals surface area contributed by atoms with Crippen molar-refractivity contribution in [3.63, 3.8) is 0 Å². The van der Waals surface area contributed by atoms with Gasteiger partial charge in [-0.3, -0.25) is 4.90 Å². The molecule has 1 aromatic heterocycles. The third-order valence-electron chi connectivity index (χ3n) is 3.87. The molecule has 4 nitrogen and oxygen atoms in total. The molecular formula is C16H22N4. The van der Waals surface area contributed by atoms with E-state index in [2.05, 4.69) is 42.4 Å².